The van der Waals surface area contributed by atoms with Crippen LogP contribution in [0.1, 0.15) is 40.0 Å². The zero-order valence-corrected chi connectivity index (χ0v) is 12.5. The van der Waals surface area contributed by atoms with Gasteiger partial charge in [-0.2, -0.15) is 0 Å². The molecule has 0 aromatic heterocycles. The molecule has 96 valence electrons. The third-order valence-corrected chi connectivity index (χ3v) is 2.74. The summed E-state index contributed by atoms with van der Waals surface area (Å²) in [6, 6.07) is 0. The number of carbonyl (C=O) groups is 1. The van der Waals surface area contributed by atoms with Gasteiger partial charge in [-0.1, -0.05) is 22.4 Å². The quantitative estimate of drug-likeness (QED) is 0.534. The highest BCUT2D eigenvalue weighted by molar-refractivity contribution is 9.09. The van der Waals surface area contributed by atoms with Crippen molar-refractivity contribution in [3.63, 3.8) is 0 Å². The van der Waals surface area contributed by atoms with E-state index >= 15 is 0 Å². The topological polar surface area (TPSA) is 29.5 Å². The van der Waals surface area contributed by atoms with Gasteiger partial charge in [0, 0.05) is 18.9 Å². The lowest BCUT2D eigenvalue weighted by Crippen LogP contribution is -2.34. The van der Waals surface area contributed by atoms with Crippen LogP contribution in [0.25, 0.3) is 0 Å². The zero-order chi connectivity index (χ0) is 12.6. The van der Waals surface area contributed by atoms with Crippen molar-refractivity contribution < 1.29 is 9.53 Å². The molecule has 0 aliphatic rings. The standard InChI is InChI=1S/C12H24BrNO2/c1-12(2,3)16-10-11(15)14(4)9-7-5-6-8-13/h5-10H2,1-4H3. The van der Waals surface area contributed by atoms with Crippen LogP contribution in [-0.4, -0.2) is 41.9 Å². The summed E-state index contributed by atoms with van der Waals surface area (Å²) in [6.07, 6.45) is 3.38. The summed E-state index contributed by atoms with van der Waals surface area (Å²) in [5, 5.41) is 1.04. The van der Waals surface area contributed by atoms with Crippen molar-refractivity contribution in [3.8, 4) is 0 Å². The van der Waals surface area contributed by atoms with Crippen LogP contribution in [0.5, 0.6) is 0 Å². The first-order valence-electron chi connectivity index (χ1n) is 5.80. The van der Waals surface area contributed by atoms with E-state index in [0.717, 1.165) is 24.7 Å². The molecule has 0 heterocycles. The highest BCUT2D eigenvalue weighted by atomic mass is 79.9. The van der Waals surface area contributed by atoms with Crippen molar-refractivity contribution in [3.05, 3.63) is 0 Å². The van der Waals surface area contributed by atoms with Crippen molar-refractivity contribution in [1.82, 2.24) is 4.90 Å². The SMILES string of the molecule is CN(CCCCCBr)C(=O)COC(C)(C)C. The Morgan fingerprint density at radius 1 is 1.25 bits per heavy atom. The number of likely N-dealkylation sites (N-methyl/N-ethyl adjacent to an activating group) is 1. The number of ether oxygens (including phenoxy) is 1. The fraction of sp³-hybridized carbons (Fsp3) is 0.917. The molecule has 0 rings (SSSR count). The van der Waals surface area contributed by atoms with Gasteiger partial charge < -0.3 is 9.64 Å². The van der Waals surface area contributed by atoms with Crippen LogP contribution in [-0.2, 0) is 9.53 Å². The molecule has 0 aliphatic heterocycles. The molecule has 4 heteroatoms. The Kier molecular flexibility index (Phi) is 8.02. The minimum Gasteiger partial charge on any atom is -0.366 e. The van der Waals surface area contributed by atoms with Gasteiger partial charge in [0.05, 0.1) is 5.60 Å². The highest BCUT2D eigenvalue weighted by Gasteiger charge is 2.15. The van der Waals surface area contributed by atoms with Gasteiger partial charge in [0.25, 0.3) is 0 Å². The number of halogens is 1. The second kappa shape index (κ2) is 8.07. The number of unbranched alkanes of at least 4 members (excludes halogenated alkanes) is 2. The van der Waals surface area contributed by atoms with Crippen LogP contribution in [0.4, 0.5) is 0 Å². The van der Waals surface area contributed by atoms with E-state index in [-0.39, 0.29) is 18.1 Å². The summed E-state index contributed by atoms with van der Waals surface area (Å²) >= 11 is 3.39. The number of amides is 1. The number of alkyl halides is 1. The van der Waals surface area contributed by atoms with Gasteiger partial charge in [-0.25, -0.2) is 0 Å². The Morgan fingerprint density at radius 2 is 1.88 bits per heavy atom. The molecule has 16 heavy (non-hydrogen) atoms. The Bertz CT molecular complexity index is 202. The number of rotatable bonds is 7. The van der Waals surface area contributed by atoms with Gasteiger partial charge in [0.2, 0.25) is 5.91 Å². The molecule has 0 spiro atoms. The summed E-state index contributed by atoms with van der Waals surface area (Å²) in [7, 11) is 1.84. The van der Waals surface area contributed by atoms with Crippen LogP contribution in [0.3, 0.4) is 0 Å². The number of hydrogen-bond acceptors (Lipinski definition) is 2. The normalized spacial score (nSPS) is 11.6. The van der Waals surface area contributed by atoms with Crippen LogP contribution in [0, 0.1) is 0 Å². The number of carbonyl (C=O) groups excluding carboxylic acids is 1. The van der Waals surface area contributed by atoms with Crippen molar-refractivity contribution in [2.75, 3.05) is 25.5 Å². The van der Waals surface area contributed by atoms with E-state index in [4.69, 9.17) is 4.74 Å². The third-order valence-electron chi connectivity index (χ3n) is 2.18. The monoisotopic (exact) mass is 293 g/mol. The maximum absolute atomic E-state index is 11.6. The van der Waals surface area contributed by atoms with Crippen LogP contribution >= 0.6 is 15.9 Å². The van der Waals surface area contributed by atoms with Gasteiger partial charge in [0.15, 0.2) is 0 Å². The highest BCUT2D eigenvalue weighted by Crippen LogP contribution is 2.07. The lowest BCUT2D eigenvalue weighted by Gasteiger charge is -2.22. The lowest BCUT2D eigenvalue weighted by molar-refractivity contribution is -0.139. The maximum atomic E-state index is 11.6. The molecule has 0 N–H and O–H groups in total. The minimum absolute atomic E-state index is 0.0637. The first kappa shape index (κ1) is 15.9. The van der Waals surface area contributed by atoms with E-state index < -0.39 is 0 Å². The predicted molar refractivity (Wildman–Crippen MR) is 71.0 cm³/mol. The molecule has 0 fully saturated rings. The predicted octanol–water partition coefficient (Wildman–Crippen LogP) is 2.83. The van der Waals surface area contributed by atoms with Crippen LogP contribution < -0.4 is 0 Å². The molecule has 0 aliphatic carbocycles. The van der Waals surface area contributed by atoms with Crippen LogP contribution in [0.2, 0.25) is 0 Å². The van der Waals surface area contributed by atoms with E-state index in [1.54, 1.807) is 4.90 Å². The van der Waals surface area contributed by atoms with Crippen molar-refractivity contribution >= 4 is 21.8 Å². The second-order valence-electron chi connectivity index (χ2n) is 4.97. The summed E-state index contributed by atoms with van der Waals surface area (Å²) in [6.45, 7) is 6.86. The third kappa shape index (κ3) is 9.16. The van der Waals surface area contributed by atoms with Gasteiger partial charge in [-0.3, -0.25) is 4.79 Å². The lowest BCUT2D eigenvalue weighted by atomic mass is 10.2. The van der Waals surface area contributed by atoms with E-state index in [1.807, 2.05) is 27.8 Å². The first-order valence-corrected chi connectivity index (χ1v) is 6.93. The molecule has 0 aromatic rings. The van der Waals surface area contributed by atoms with Crippen LogP contribution in [0.15, 0.2) is 0 Å². The molecule has 0 radical (unpaired) electrons. The second-order valence-corrected chi connectivity index (χ2v) is 5.76. The molecule has 0 unspecified atom stereocenters. The first-order chi connectivity index (χ1) is 7.37. The Hall–Kier alpha value is -0.0900. The zero-order valence-electron chi connectivity index (χ0n) is 10.9. The van der Waals surface area contributed by atoms with Gasteiger partial charge in [-0.15, -0.1) is 0 Å². The Balaban J connectivity index is 3.65. The maximum Gasteiger partial charge on any atom is 0.248 e. The fourth-order valence-electron chi connectivity index (χ4n) is 1.13. The van der Waals surface area contributed by atoms with Gasteiger partial charge >= 0.3 is 0 Å². The molecule has 0 saturated heterocycles. The summed E-state index contributed by atoms with van der Waals surface area (Å²) in [5.74, 6) is 0.0637. The number of nitrogens with zero attached hydrogens (tertiary/aromatic N) is 1. The molecule has 0 atom stereocenters. The average molecular weight is 294 g/mol. The van der Waals surface area contributed by atoms with E-state index in [2.05, 4.69) is 15.9 Å². The smallest absolute Gasteiger partial charge is 0.248 e. The van der Waals surface area contributed by atoms with E-state index in [1.165, 1.54) is 6.42 Å². The van der Waals surface area contributed by atoms with Crippen molar-refractivity contribution in [2.45, 2.75) is 45.6 Å². The minimum atomic E-state index is -0.244. The van der Waals surface area contributed by atoms with E-state index in [0.29, 0.717) is 0 Å². The van der Waals surface area contributed by atoms with E-state index in [9.17, 15) is 4.79 Å². The van der Waals surface area contributed by atoms with Gasteiger partial charge in [-0.05, 0) is 33.6 Å². The summed E-state index contributed by atoms with van der Waals surface area (Å²) in [4.78, 5) is 13.4. The summed E-state index contributed by atoms with van der Waals surface area (Å²) < 4.78 is 5.44. The van der Waals surface area contributed by atoms with Gasteiger partial charge in [0.1, 0.15) is 6.61 Å². The van der Waals surface area contributed by atoms with Crippen molar-refractivity contribution in [2.24, 2.45) is 0 Å². The summed E-state index contributed by atoms with van der Waals surface area (Å²) in [5.41, 5.74) is -0.244. The molecule has 0 saturated carbocycles. The average Bonchev–Trinajstić information content (AvgIpc) is 2.19. The molecule has 0 aromatic carbocycles. The Labute approximate surface area is 108 Å². The fourth-order valence-corrected chi connectivity index (χ4v) is 1.53. The molecular weight excluding hydrogens is 270 g/mol. The molecular formula is C12H24BrNO2. The Morgan fingerprint density at radius 3 is 2.38 bits per heavy atom. The molecule has 3 nitrogen and oxygen atoms in total. The molecule has 1 amide bonds. The number of hydrogen-bond donors (Lipinski definition) is 0. The molecule has 0 bridgehead atoms. The largest absolute Gasteiger partial charge is 0.366 e. The van der Waals surface area contributed by atoms with Crippen molar-refractivity contribution in [1.29, 1.82) is 0 Å².